The number of benzene rings is 6. The predicted molar refractivity (Wildman–Crippen MR) is 470 cm³/mol. The van der Waals surface area contributed by atoms with Crippen molar-refractivity contribution >= 4 is 29.5 Å². The molecule has 0 aromatic heterocycles. The van der Waals surface area contributed by atoms with Gasteiger partial charge in [0.15, 0.2) is 0 Å². The van der Waals surface area contributed by atoms with E-state index >= 15 is 24.0 Å². The highest BCUT2D eigenvalue weighted by molar-refractivity contribution is 5.99. The van der Waals surface area contributed by atoms with Crippen molar-refractivity contribution < 1.29 is 85.9 Å². The molecule has 0 spiro atoms. The van der Waals surface area contributed by atoms with E-state index in [9.17, 15) is 5.11 Å². The molecule has 9 saturated heterocycles. The van der Waals surface area contributed by atoms with E-state index < -0.39 is 54.6 Å². The summed E-state index contributed by atoms with van der Waals surface area (Å²) in [5, 5.41) is 12.9. The minimum atomic E-state index is -0.933. The molecule has 5 amide bonds. The van der Waals surface area contributed by atoms with Crippen LogP contribution in [0.15, 0.2) is 146 Å². The van der Waals surface area contributed by atoms with Crippen LogP contribution in [0.4, 0.5) is 0 Å². The Morgan fingerprint density at radius 3 is 0.968 bits per heavy atom. The van der Waals surface area contributed by atoms with Gasteiger partial charge in [0.05, 0.1) is 51.7 Å². The molecule has 9 fully saturated rings. The van der Waals surface area contributed by atoms with Crippen LogP contribution in [0.3, 0.4) is 0 Å². The number of carbonyl (C=O) groups excluding carboxylic acids is 5. The first-order valence-corrected chi connectivity index (χ1v) is 46.3. The Kier molecular flexibility index (Phi) is 30.9. The maximum atomic E-state index is 16.8. The zero-order valence-corrected chi connectivity index (χ0v) is 74.0. The standard InChI is InChI=1S/C100H132N6O18/c1-9-11-12-14-42-101-89(47-70-18-30-77(31-19-70)113-53-83-59-119-83)96(108)102(90(95(101)107)48-71-20-32-78(33-21-71)114-54-84-60-120-84)43-15-13-17-66(5)46-76(16-10-2)106-94(52-75-28-40-82(41-29-75)118-58-88-64-124-88)99(111)105(93(100(106)112)51-74-26-38-81(39-27-74)117-57-87-63-123-87)69(8)45-67(6)44-68(7)104-92(50-73-24-36-80(37-25-73)116-56-86-62-122-86)97(109)103(65(3)4)91(98(104)110)49-72-22-34-79(35-23-72)115-55-85-61-121-85/h18-41,65-69,76,83-95,107H,9-17,42-64H2,1-8H3/t66?,67?,68?,69?,76?,83?,84?,85?,86?,87?,88?,89-,90+,91+,92-,93+,94-,95?/m1/s1. The molecule has 0 bridgehead atoms. The van der Waals surface area contributed by atoms with E-state index in [-0.39, 0.29) is 109 Å². The van der Waals surface area contributed by atoms with Crippen molar-refractivity contribution in [2.24, 2.45) is 11.8 Å². The molecule has 24 heteroatoms. The van der Waals surface area contributed by atoms with Gasteiger partial charge in [-0.2, -0.15) is 0 Å². The second-order valence-electron chi connectivity index (χ2n) is 36.7. The van der Waals surface area contributed by atoms with E-state index in [2.05, 4.69) is 46.4 Å². The van der Waals surface area contributed by atoms with E-state index in [4.69, 9.17) is 56.8 Å². The fourth-order valence-electron chi connectivity index (χ4n) is 18.7. The predicted octanol–water partition coefficient (Wildman–Crippen LogP) is 12.7. The molecule has 6 aromatic rings. The fourth-order valence-corrected chi connectivity index (χ4v) is 18.7. The first kappa shape index (κ1) is 90.0. The topological polar surface area (TPSA) is 256 Å². The highest BCUT2D eigenvalue weighted by Gasteiger charge is 2.53. The van der Waals surface area contributed by atoms with Crippen molar-refractivity contribution in [1.29, 1.82) is 0 Å². The molecule has 124 heavy (non-hydrogen) atoms. The Morgan fingerprint density at radius 1 is 0.331 bits per heavy atom. The number of rotatable bonds is 52. The zero-order chi connectivity index (χ0) is 86.3. The minimum absolute atomic E-state index is 0.00910. The van der Waals surface area contributed by atoms with Crippen LogP contribution in [0.1, 0.15) is 166 Å². The number of nitrogens with zero attached hydrogens (tertiary/aromatic N) is 6. The molecule has 6 aromatic carbocycles. The van der Waals surface area contributed by atoms with Crippen LogP contribution in [0.25, 0.3) is 0 Å². The fraction of sp³-hybridized carbons (Fsp3) is 0.590. The number of amides is 5. The number of hydrogen-bond donors (Lipinski definition) is 1. The van der Waals surface area contributed by atoms with Gasteiger partial charge < -0.3 is 86.4 Å². The molecular formula is C100H132N6O18. The van der Waals surface area contributed by atoms with Crippen molar-refractivity contribution in [2.75, 3.05) is 92.4 Å². The lowest BCUT2D eigenvalue weighted by atomic mass is 9.86. The molecule has 9 heterocycles. The largest absolute Gasteiger partial charge is 0.491 e. The van der Waals surface area contributed by atoms with Crippen LogP contribution in [0, 0.1) is 11.8 Å². The normalized spacial score (nSPS) is 25.9. The quantitative estimate of drug-likeness (QED) is 0.0275. The summed E-state index contributed by atoms with van der Waals surface area (Å²) in [7, 11) is 0. The van der Waals surface area contributed by atoms with Gasteiger partial charge in [0, 0.05) is 62.9 Å². The molecule has 1 N–H and O–H groups in total. The zero-order valence-electron chi connectivity index (χ0n) is 74.0. The van der Waals surface area contributed by atoms with Crippen molar-refractivity contribution in [3.63, 3.8) is 0 Å². The smallest absolute Gasteiger partial charge is 0.246 e. The number of aliphatic hydroxyl groups is 1. The van der Waals surface area contributed by atoms with Crippen LogP contribution in [0.2, 0.25) is 0 Å². The van der Waals surface area contributed by atoms with E-state index in [0.29, 0.717) is 167 Å². The highest BCUT2D eigenvalue weighted by atomic mass is 16.6. The van der Waals surface area contributed by atoms with E-state index in [1.165, 1.54) is 0 Å². The summed E-state index contributed by atoms with van der Waals surface area (Å²) in [4.78, 5) is 92.3. The summed E-state index contributed by atoms with van der Waals surface area (Å²) in [6, 6.07) is 41.4. The summed E-state index contributed by atoms with van der Waals surface area (Å²) >= 11 is 0. The number of carbonyl (C=O) groups is 5. The van der Waals surface area contributed by atoms with E-state index in [1.807, 2.05) is 179 Å². The Labute approximate surface area is 733 Å². The third kappa shape index (κ3) is 24.9. The third-order valence-electron chi connectivity index (χ3n) is 26.0. The molecule has 9 aliphatic rings. The van der Waals surface area contributed by atoms with Crippen molar-refractivity contribution in [3.8, 4) is 34.5 Å². The molecule has 670 valence electrons. The Morgan fingerprint density at radius 2 is 0.637 bits per heavy atom. The number of aliphatic hydroxyl groups excluding tert-OH is 1. The van der Waals surface area contributed by atoms with Gasteiger partial charge >= 0.3 is 0 Å². The monoisotopic (exact) mass is 1700 g/mol. The molecule has 0 radical (unpaired) electrons. The van der Waals surface area contributed by atoms with Gasteiger partial charge in [0.1, 0.15) is 141 Å². The first-order valence-electron chi connectivity index (χ1n) is 46.3. The maximum absolute atomic E-state index is 16.8. The highest BCUT2D eigenvalue weighted by Crippen LogP contribution is 2.39. The van der Waals surface area contributed by atoms with Crippen LogP contribution in [0.5, 0.6) is 34.5 Å². The van der Waals surface area contributed by atoms with Crippen LogP contribution in [-0.4, -0.2) is 260 Å². The number of unbranched alkanes of at least 4 members (excludes halogenated alkanes) is 4. The van der Waals surface area contributed by atoms with Crippen LogP contribution in [-0.2, 0) is 90.9 Å². The summed E-state index contributed by atoms with van der Waals surface area (Å²) in [6.07, 6.45) is 10.9. The molecule has 9 aliphatic heterocycles. The lowest BCUT2D eigenvalue weighted by molar-refractivity contribution is -0.170. The summed E-state index contributed by atoms with van der Waals surface area (Å²) in [6.45, 7) is 24.8. The van der Waals surface area contributed by atoms with Gasteiger partial charge in [0.2, 0.25) is 29.5 Å². The van der Waals surface area contributed by atoms with Gasteiger partial charge in [-0.1, -0.05) is 139 Å². The average Bonchev–Trinajstić information content (AvgIpc) is 1.69. The van der Waals surface area contributed by atoms with Gasteiger partial charge in [-0.15, -0.1) is 0 Å². The van der Waals surface area contributed by atoms with Crippen LogP contribution >= 0.6 is 0 Å². The average molecular weight is 1710 g/mol. The van der Waals surface area contributed by atoms with E-state index in [0.717, 1.165) is 89.8 Å². The van der Waals surface area contributed by atoms with Crippen LogP contribution < -0.4 is 28.4 Å². The molecule has 18 atom stereocenters. The van der Waals surface area contributed by atoms with Gasteiger partial charge in [-0.25, -0.2) is 0 Å². The lowest BCUT2D eigenvalue weighted by Crippen LogP contribution is -2.69. The molecular weight excluding hydrogens is 1570 g/mol. The molecule has 0 saturated carbocycles. The van der Waals surface area contributed by atoms with Gasteiger partial charge in [0.25, 0.3) is 0 Å². The van der Waals surface area contributed by atoms with Gasteiger partial charge in [-0.05, 0) is 197 Å². The molecule has 15 rings (SSSR count). The Bertz CT molecular complexity index is 4400. The second kappa shape index (κ2) is 42.6. The van der Waals surface area contributed by atoms with Gasteiger partial charge in [-0.3, -0.25) is 28.9 Å². The molecule has 12 unspecified atom stereocenters. The second-order valence-corrected chi connectivity index (χ2v) is 36.7. The SMILES string of the molecule is CCCCCCN1C(O)[C@H](Cc2ccc(OCC3CO3)cc2)N(CCCCC(C)CC(CCC)N2C(=O)[C@H](Cc3ccc(OCC4CO4)cc3)N(C(C)CC(C)CC(C)N3C(=O)[C@H](Cc4ccc(OCC5CO5)cc4)N(C(C)C)C(=O)[C@H]3Cc3ccc(OCC4CO4)cc3)C(=O)[C@H]2Cc2ccc(OCC3CO3)cc2)C(=O)[C@H]1Cc1ccc(OCC2CO2)cc1. The summed E-state index contributed by atoms with van der Waals surface area (Å²) in [5.74, 6) is 3.81. The van der Waals surface area contributed by atoms with Crippen molar-refractivity contribution in [2.45, 2.75) is 274 Å². The number of piperazine rings is 3. The third-order valence-corrected chi connectivity index (χ3v) is 26.0. The first-order chi connectivity index (χ1) is 60.3. The minimum Gasteiger partial charge on any atom is -0.491 e. The maximum Gasteiger partial charge on any atom is 0.246 e. The molecule has 0 aliphatic carbocycles. The summed E-state index contributed by atoms with van der Waals surface area (Å²) < 4.78 is 69.0. The number of ether oxygens (including phenoxy) is 12. The van der Waals surface area contributed by atoms with Crippen molar-refractivity contribution in [1.82, 2.24) is 29.4 Å². The lowest BCUT2D eigenvalue weighted by Gasteiger charge is -2.51. The van der Waals surface area contributed by atoms with E-state index in [1.54, 1.807) is 4.90 Å². The number of epoxide rings is 6. The molecule has 24 nitrogen and oxygen atoms in total. The Hall–Kier alpha value is -8.85. The summed E-state index contributed by atoms with van der Waals surface area (Å²) in [5.41, 5.74) is 5.55. The Balaban J connectivity index is 0.685. The number of hydrogen-bond acceptors (Lipinski definition) is 19. The van der Waals surface area contributed by atoms with Crippen molar-refractivity contribution in [3.05, 3.63) is 179 Å².